The van der Waals surface area contributed by atoms with Gasteiger partial charge >= 0.3 is 0 Å². The molecule has 0 radical (unpaired) electrons. The van der Waals surface area contributed by atoms with Crippen LogP contribution in [0.15, 0.2) is 40.1 Å². The summed E-state index contributed by atoms with van der Waals surface area (Å²) in [4.78, 5) is 21.8. The molecule has 0 spiro atoms. The Balaban J connectivity index is 1.33. The maximum atomic E-state index is 12.7. The van der Waals surface area contributed by atoms with Gasteiger partial charge in [-0.25, -0.2) is 4.98 Å². The lowest BCUT2D eigenvalue weighted by molar-refractivity contribution is 0.0626. The van der Waals surface area contributed by atoms with Crippen molar-refractivity contribution in [1.29, 1.82) is 0 Å². The number of methoxy groups -OCH3 is 1. The highest BCUT2D eigenvalue weighted by atomic mass is 32.1. The topological polar surface area (TPSA) is 58.8 Å². The van der Waals surface area contributed by atoms with Crippen LogP contribution < -0.4 is 4.74 Å². The highest BCUT2D eigenvalue weighted by molar-refractivity contribution is 7.09. The van der Waals surface area contributed by atoms with E-state index in [0.29, 0.717) is 11.3 Å². The third-order valence-corrected chi connectivity index (χ3v) is 6.06. The van der Waals surface area contributed by atoms with Gasteiger partial charge in [-0.1, -0.05) is 0 Å². The quantitative estimate of drug-likeness (QED) is 0.635. The number of benzene rings is 1. The Morgan fingerprint density at radius 3 is 2.52 bits per heavy atom. The molecule has 1 aliphatic rings. The summed E-state index contributed by atoms with van der Waals surface area (Å²) in [5.41, 5.74) is 2.77. The fraction of sp³-hybridized carbons (Fsp3) is 0.364. The molecule has 0 N–H and O–H groups in total. The van der Waals surface area contributed by atoms with Crippen molar-refractivity contribution < 1.29 is 13.9 Å². The minimum Gasteiger partial charge on any atom is -0.497 e. The van der Waals surface area contributed by atoms with E-state index in [-0.39, 0.29) is 5.91 Å². The van der Waals surface area contributed by atoms with E-state index >= 15 is 0 Å². The predicted molar refractivity (Wildman–Crippen MR) is 113 cm³/mol. The fourth-order valence-electron chi connectivity index (χ4n) is 3.59. The van der Waals surface area contributed by atoms with E-state index in [4.69, 9.17) is 14.1 Å². The van der Waals surface area contributed by atoms with Gasteiger partial charge in [-0.15, -0.1) is 11.3 Å². The van der Waals surface area contributed by atoms with Crippen molar-refractivity contribution in [3.05, 3.63) is 57.8 Å². The van der Waals surface area contributed by atoms with Gasteiger partial charge < -0.3 is 14.1 Å². The summed E-state index contributed by atoms with van der Waals surface area (Å²) < 4.78 is 10.7. The Labute approximate surface area is 174 Å². The number of piperazine rings is 1. The molecule has 1 fully saturated rings. The molecular weight excluding hydrogens is 386 g/mol. The number of aromatic nitrogens is 1. The number of thiazole rings is 1. The molecule has 1 saturated heterocycles. The van der Waals surface area contributed by atoms with Crippen LogP contribution in [0.3, 0.4) is 0 Å². The van der Waals surface area contributed by atoms with Crippen LogP contribution in [0.25, 0.3) is 11.3 Å². The zero-order valence-corrected chi connectivity index (χ0v) is 17.8. The zero-order chi connectivity index (χ0) is 20.4. The highest BCUT2D eigenvalue weighted by Crippen LogP contribution is 2.25. The summed E-state index contributed by atoms with van der Waals surface area (Å²) in [6.45, 7) is 7.67. The van der Waals surface area contributed by atoms with Crippen molar-refractivity contribution in [3.8, 4) is 17.0 Å². The summed E-state index contributed by atoms with van der Waals surface area (Å²) in [6.07, 6.45) is 0. The molecule has 1 aromatic carbocycles. The van der Waals surface area contributed by atoms with Gasteiger partial charge in [0, 0.05) is 37.1 Å². The van der Waals surface area contributed by atoms with Crippen molar-refractivity contribution >= 4 is 17.2 Å². The molecule has 0 aliphatic carbocycles. The maximum absolute atomic E-state index is 12.7. The largest absolute Gasteiger partial charge is 0.497 e. The summed E-state index contributed by atoms with van der Waals surface area (Å²) in [6, 6.07) is 9.80. The van der Waals surface area contributed by atoms with Crippen LogP contribution in [0.2, 0.25) is 0 Å². The zero-order valence-electron chi connectivity index (χ0n) is 17.0. The van der Waals surface area contributed by atoms with Crippen LogP contribution in [0.1, 0.15) is 26.9 Å². The number of hydrogen-bond acceptors (Lipinski definition) is 6. The summed E-state index contributed by atoms with van der Waals surface area (Å²) in [5, 5.41) is 3.19. The van der Waals surface area contributed by atoms with E-state index in [1.165, 1.54) is 0 Å². The number of hydrogen-bond donors (Lipinski definition) is 0. The molecule has 0 unspecified atom stereocenters. The third-order valence-electron chi connectivity index (χ3n) is 5.23. The van der Waals surface area contributed by atoms with Gasteiger partial charge in [0.15, 0.2) is 0 Å². The van der Waals surface area contributed by atoms with Crippen molar-refractivity contribution in [2.45, 2.75) is 20.4 Å². The normalized spacial score (nSPS) is 14.9. The van der Waals surface area contributed by atoms with E-state index < -0.39 is 0 Å². The number of rotatable bonds is 5. The Kier molecular flexibility index (Phi) is 5.69. The predicted octanol–water partition coefficient (Wildman–Crippen LogP) is 3.99. The first-order valence-corrected chi connectivity index (χ1v) is 10.6. The van der Waals surface area contributed by atoms with E-state index in [2.05, 4.69) is 10.3 Å². The summed E-state index contributed by atoms with van der Waals surface area (Å²) >= 11 is 1.68. The molecule has 7 heteroatoms. The average Bonchev–Trinajstić information content (AvgIpc) is 3.34. The number of nitrogens with zero attached hydrogens (tertiary/aromatic N) is 3. The van der Waals surface area contributed by atoms with Gasteiger partial charge in [0.2, 0.25) is 0 Å². The molecule has 152 valence electrons. The van der Waals surface area contributed by atoms with E-state index in [0.717, 1.165) is 60.5 Å². The molecule has 0 bridgehead atoms. The molecule has 0 saturated carbocycles. The van der Waals surface area contributed by atoms with Crippen molar-refractivity contribution in [2.75, 3.05) is 33.3 Å². The molecule has 3 heterocycles. The monoisotopic (exact) mass is 411 g/mol. The number of carbonyl (C=O) groups excluding carboxylic acids is 1. The van der Waals surface area contributed by atoms with Gasteiger partial charge in [0.05, 0.1) is 24.9 Å². The number of ether oxygens (including phenoxy) is 1. The molecular formula is C22H25N3O3S. The van der Waals surface area contributed by atoms with E-state index in [1.54, 1.807) is 18.4 Å². The first-order valence-electron chi connectivity index (χ1n) is 9.71. The smallest absolute Gasteiger partial charge is 0.257 e. The van der Waals surface area contributed by atoms with Gasteiger partial charge in [0.25, 0.3) is 5.91 Å². The lowest BCUT2D eigenvalue weighted by Crippen LogP contribution is -2.48. The lowest BCUT2D eigenvalue weighted by atomic mass is 10.2. The number of furan rings is 1. The van der Waals surface area contributed by atoms with E-state index in [1.807, 2.05) is 49.1 Å². The van der Waals surface area contributed by atoms with Crippen molar-refractivity contribution in [2.24, 2.45) is 0 Å². The number of aryl methyl sites for hydroxylation is 2. The van der Waals surface area contributed by atoms with Gasteiger partial charge in [-0.05, 0) is 44.2 Å². The van der Waals surface area contributed by atoms with Crippen LogP contribution in [0.4, 0.5) is 0 Å². The maximum Gasteiger partial charge on any atom is 0.257 e. The standard InChI is InChI=1S/C22H25N3O3S/c1-15-12-19(16(2)28-15)22(26)25-10-8-24(9-11-25)13-21-23-20(14-29-21)17-4-6-18(27-3)7-5-17/h4-7,12,14H,8-11,13H2,1-3H3. The van der Waals surface area contributed by atoms with Crippen LogP contribution in [-0.4, -0.2) is 54.0 Å². The van der Waals surface area contributed by atoms with Gasteiger partial charge in [-0.2, -0.15) is 0 Å². The summed E-state index contributed by atoms with van der Waals surface area (Å²) in [5.74, 6) is 2.39. The fourth-order valence-corrected chi connectivity index (χ4v) is 4.44. The minimum absolute atomic E-state index is 0.0649. The first kappa shape index (κ1) is 19.7. The second-order valence-corrected chi connectivity index (χ2v) is 8.19. The molecule has 0 atom stereocenters. The second kappa shape index (κ2) is 8.39. The highest BCUT2D eigenvalue weighted by Gasteiger charge is 2.25. The minimum atomic E-state index is 0.0649. The molecule has 3 aromatic rings. The van der Waals surface area contributed by atoms with Crippen molar-refractivity contribution in [1.82, 2.24) is 14.8 Å². The molecule has 1 amide bonds. The van der Waals surface area contributed by atoms with Crippen LogP contribution in [0, 0.1) is 13.8 Å². The Bertz CT molecular complexity index is 985. The molecule has 2 aromatic heterocycles. The van der Waals surface area contributed by atoms with Gasteiger partial charge in [-0.3, -0.25) is 9.69 Å². The molecule has 4 rings (SSSR count). The average molecular weight is 412 g/mol. The molecule has 6 nitrogen and oxygen atoms in total. The number of amides is 1. The van der Waals surface area contributed by atoms with Crippen molar-refractivity contribution in [3.63, 3.8) is 0 Å². The lowest BCUT2D eigenvalue weighted by Gasteiger charge is -2.34. The van der Waals surface area contributed by atoms with E-state index in [9.17, 15) is 4.79 Å². The van der Waals surface area contributed by atoms with Crippen LogP contribution in [0.5, 0.6) is 5.75 Å². The molecule has 1 aliphatic heterocycles. The first-order chi connectivity index (χ1) is 14.0. The number of carbonyl (C=O) groups is 1. The van der Waals surface area contributed by atoms with Crippen LogP contribution >= 0.6 is 11.3 Å². The van der Waals surface area contributed by atoms with Crippen LogP contribution in [-0.2, 0) is 6.54 Å². The summed E-state index contributed by atoms with van der Waals surface area (Å²) in [7, 11) is 1.67. The SMILES string of the molecule is COc1ccc(-c2csc(CN3CCN(C(=O)c4cc(C)oc4C)CC3)n2)cc1. The third kappa shape index (κ3) is 4.36. The molecule has 29 heavy (non-hydrogen) atoms. The Morgan fingerprint density at radius 2 is 1.90 bits per heavy atom. The Hall–Kier alpha value is -2.64. The second-order valence-electron chi connectivity index (χ2n) is 7.25. The Morgan fingerprint density at radius 1 is 1.17 bits per heavy atom. The van der Waals surface area contributed by atoms with Gasteiger partial charge in [0.1, 0.15) is 22.3 Å².